The zero-order valence-electron chi connectivity index (χ0n) is 11.8. The van der Waals surface area contributed by atoms with Crippen LogP contribution in [0.3, 0.4) is 0 Å². The Morgan fingerprint density at radius 3 is 2.70 bits per heavy atom. The van der Waals surface area contributed by atoms with E-state index >= 15 is 0 Å². The molecule has 1 aliphatic carbocycles. The summed E-state index contributed by atoms with van der Waals surface area (Å²) in [5, 5.41) is 3.41. The van der Waals surface area contributed by atoms with Gasteiger partial charge in [-0.05, 0) is 37.3 Å². The molecule has 3 nitrogen and oxygen atoms in total. The Morgan fingerprint density at radius 2 is 2.00 bits per heavy atom. The van der Waals surface area contributed by atoms with Crippen molar-refractivity contribution in [1.82, 2.24) is 0 Å². The fourth-order valence-corrected chi connectivity index (χ4v) is 2.89. The maximum atomic E-state index is 10.9. The Morgan fingerprint density at radius 1 is 1.25 bits per heavy atom. The number of primary amides is 1. The SMILES string of the molecule is NC(=O)C1CC1CCCCCCNc1ccccc1S. The molecular weight excluding hydrogens is 268 g/mol. The molecule has 1 aromatic rings. The molecule has 2 atom stereocenters. The van der Waals surface area contributed by atoms with Gasteiger partial charge in [0, 0.05) is 23.0 Å². The molecule has 1 amide bonds. The molecule has 0 bridgehead atoms. The van der Waals surface area contributed by atoms with E-state index < -0.39 is 0 Å². The maximum Gasteiger partial charge on any atom is 0.220 e. The highest BCUT2D eigenvalue weighted by molar-refractivity contribution is 7.80. The van der Waals surface area contributed by atoms with Gasteiger partial charge in [0.15, 0.2) is 0 Å². The van der Waals surface area contributed by atoms with Crippen LogP contribution in [0.15, 0.2) is 29.2 Å². The number of thiol groups is 1. The summed E-state index contributed by atoms with van der Waals surface area (Å²) in [5.41, 5.74) is 6.38. The van der Waals surface area contributed by atoms with Crippen LogP contribution in [0.1, 0.15) is 38.5 Å². The quantitative estimate of drug-likeness (QED) is 0.482. The molecule has 2 rings (SSSR count). The van der Waals surface area contributed by atoms with E-state index in [0.717, 1.165) is 23.5 Å². The number of unbranched alkanes of at least 4 members (excludes halogenated alkanes) is 3. The maximum absolute atomic E-state index is 10.9. The number of benzene rings is 1. The van der Waals surface area contributed by atoms with Crippen LogP contribution in [0.5, 0.6) is 0 Å². The summed E-state index contributed by atoms with van der Waals surface area (Å²) in [4.78, 5) is 11.9. The standard InChI is InChI=1S/C16H24N2OS/c17-16(19)13-11-12(13)7-3-1-2-6-10-18-14-8-4-5-9-15(14)20/h4-5,8-9,12-13,18,20H,1-3,6-7,10-11H2,(H2,17,19). The second kappa shape index (κ2) is 7.58. The van der Waals surface area contributed by atoms with Crippen molar-refractivity contribution in [1.29, 1.82) is 0 Å². The van der Waals surface area contributed by atoms with Crippen molar-refractivity contribution < 1.29 is 4.79 Å². The molecular formula is C16H24N2OS. The van der Waals surface area contributed by atoms with Crippen molar-refractivity contribution in [2.75, 3.05) is 11.9 Å². The Balaban J connectivity index is 1.47. The lowest BCUT2D eigenvalue weighted by molar-refractivity contribution is -0.119. The summed E-state index contributed by atoms with van der Waals surface area (Å²) in [5.74, 6) is 0.662. The number of hydrogen-bond acceptors (Lipinski definition) is 3. The fourth-order valence-electron chi connectivity index (χ4n) is 2.65. The van der Waals surface area contributed by atoms with Gasteiger partial charge in [0.25, 0.3) is 0 Å². The highest BCUT2D eigenvalue weighted by Gasteiger charge is 2.40. The van der Waals surface area contributed by atoms with Crippen molar-refractivity contribution >= 4 is 24.2 Å². The molecule has 2 unspecified atom stereocenters. The third-order valence-electron chi connectivity index (χ3n) is 4.01. The van der Waals surface area contributed by atoms with Gasteiger partial charge >= 0.3 is 0 Å². The summed E-state index contributed by atoms with van der Waals surface area (Å²) in [7, 11) is 0. The number of para-hydroxylation sites is 1. The second-order valence-corrected chi connectivity index (χ2v) is 6.13. The summed E-state index contributed by atoms with van der Waals surface area (Å²) in [6.45, 7) is 0.991. The van der Waals surface area contributed by atoms with E-state index in [1.54, 1.807) is 0 Å². The van der Waals surface area contributed by atoms with Gasteiger partial charge in [-0.25, -0.2) is 0 Å². The second-order valence-electron chi connectivity index (χ2n) is 5.65. The van der Waals surface area contributed by atoms with Crippen LogP contribution >= 0.6 is 12.6 Å². The smallest absolute Gasteiger partial charge is 0.220 e. The highest BCUT2D eigenvalue weighted by atomic mass is 32.1. The van der Waals surface area contributed by atoms with E-state index in [9.17, 15) is 4.79 Å². The molecule has 0 heterocycles. The molecule has 20 heavy (non-hydrogen) atoms. The molecule has 0 spiro atoms. The number of amides is 1. The predicted molar refractivity (Wildman–Crippen MR) is 86.1 cm³/mol. The Labute approximate surface area is 126 Å². The predicted octanol–water partition coefficient (Wildman–Crippen LogP) is 3.46. The zero-order chi connectivity index (χ0) is 14.4. The third-order valence-corrected chi connectivity index (χ3v) is 4.40. The van der Waals surface area contributed by atoms with Crippen LogP contribution in [0.4, 0.5) is 5.69 Å². The fraction of sp³-hybridized carbons (Fsp3) is 0.562. The van der Waals surface area contributed by atoms with Gasteiger partial charge in [0.05, 0.1) is 0 Å². The van der Waals surface area contributed by atoms with Crippen molar-refractivity contribution in [2.24, 2.45) is 17.6 Å². The highest BCUT2D eigenvalue weighted by Crippen LogP contribution is 2.41. The molecule has 4 heteroatoms. The summed E-state index contributed by atoms with van der Waals surface area (Å²) in [6, 6.07) is 8.06. The average molecular weight is 292 g/mol. The van der Waals surface area contributed by atoms with Crippen molar-refractivity contribution in [3.8, 4) is 0 Å². The molecule has 1 saturated carbocycles. The summed E-state index contributed by atoms with van der Waals surface area (Å²) < 4.78 is 0. The van der Waals surface area contributed by atoms with Crippen LogP contribution in [0.2, 0.25) is 0 Å². The average Bonchev–Trinajstić information content (AvgIpc) is 3.19. The first-order chi connectivity index (χ1) is 9.68. The summed E-state index contributed by atoms with van der Waals surface area (Å²) in [6.07, 6.45) is 7.06. The van der Waals surface area contributed by atoms with Gasteiger partial charge in [-0.15, -0.1) is 12.6 Å². The zero-order valence-corrected chi connectivity index (χ0v) is 12.7. The van der Waals surface area contributed by atoms with Gasteiger partial charge < -0.3 is 11.1 Å². The van der Waals surface area contributed by atoms with E-state index in [0.29, 0.717) is 5.92 Å². The summed E-state index contributed by atoms with van der Waals surface area (Å²) >= 11 is 4.41. The molecule has 110 valence electrons. The number of nitrogens with one attached hydrogen (secondary N) is 1. The van der Waals surface area contributed by atoms with Gasteiger partial charge in [-0.3, -0.25) is 4.79 Å². The molecule has 0 radical (unpaired) electrons. The van der Waals surface area contributed by atoms with Gasteiger partial charge in [-0.1, -0.05) is 31.4 Å². The first-order valence-corrected chi connectivity index (χ1v) is 7.94. The minimum atomic E-state index is -0.107. The first-order valence-electron chi connectivity index (χ1n) is 7.49. The third kappa shape index (κ3) is 4.75. The lowest BCUT2D eigenvalue weighted by atomic mass is 10.1. The van der Waals surface area contributed by atoms with Crippen molar-refractivity contribution in [3.63, 3.8) is 0 Å². The van der Waals surface area contributed by atoms with Crippen LogP contribution in [-0.2, 0) is 4.79 Å². The topological polar surface area (TPSA) is 55.1 Å². The number of rotatable bonds is 9. The van der Waals surface area contributed by atoms with E-state index in [2.05, 4.69) is 24.0 Å². The minimum Gasteiger partial charge on any atom is -0.384 e. The van der Waals surface area contributed by atoms with Gasteiger partial charge in [-0.2, -0.15) is 0 Å². The molecule has 0 aliphatic heterocycles. The number of hydrogen-bond donors (Lipinski definition) is 3. The van der Waals surface area contributed by atoms with Crippen LogP contribution < -0.4 is 11.1 Å². The van der Waals surface area contributed by atoms with Crippen molar-refractivity contribution in [3.05, 3.63) is 24.3 Å². The van der Waals surface area contributed by atoms with Gasteiger partial charge in [0.2, 0.25) is 5.91 Å². The van der Waals surface area contributed by atoms with Crippen LogP contribution in [0.25, 0.3) is 0 Å². The number of anilines is 1. The number of carbonyl (C=O) groups excluding carboxylic acids is 1. The normalized spacial score (nSPS) is 20.6. The van der Waals surface area contributed by atoms with E-state index in [1.165, 1.54) is 32.1 Å². The first kappa shape index (κ1) is 15.2. The monoisotopic (exact) mass is 292 g/mol. The van der Waals surface area contributed by atoms with E-state index in [-0.39, 0.29) is 11.8 Å². The molecule has 1 aromatic carbocycles. The van der Waals surface area contributed by atoms with Gasteiger partial charge in [0.1, 0.15) is 0 Å². The minimum absolute atomic E-state index is 0.107. The Hall–Kier alpha value is -1.16. The van der Waals surface area contributed by atoms with Crippen molar-refractivity contribution in [2.45, 2.75) is 43.4 Å². The van der Waals surface area contributed by atoms with E-state index in [4.69, 9.17) is 5.73 Å². The Bertz CT molecular complexity index is 450. The van der Waals surface area contributed by atoms with Crippen LogP contribution in [0, 0.1) is 11.8 Å². The molecule has 1 fully saturated rings. The molecule has 0 aromatic heterocycles. The number of carbonyl (C=O) groups is 1. The lowest BCUT2D eigenvalue weighted by Gasteiger charge is -2.08. The lowest BCUT2D eigenvalue weighted by Crippen LogP contribution is -2.13. The Kier molecular flexibility index (Phi) is 5.77. The molecule has 0 saturated heterocycles. The molecule has 3 N–H and O–H groups in total. The molecule has 1 aliphatic rings. The van der Waals surface area contributed by atoms with E-state index in [1.807, 2.05) is 18.2 Å². The largest absolute Gasteiger partial charge is 0.384 e. The number of nitrogens with two attached hydrogens (primary N) is 1. The van der Waals surface area contributed by atoms with Crippen LogP contribution in [-0.4, -0.2) is 12.5 Å².